The highest BCUT2D eigenvalue weighted by Crippen LogP contribution is 2.25. The van der Waals surface area contributed by atoms with Gasteiger partial charge in [0.1, 0.15) is 5.75 Å². The molecule has 1 amide bonds. The number of para-hydroxylation sites is 3. The average Bonchev–Trinajstić information content (AvgIpc) is 2.66. The molecule has 0 saturated heterocycles. The zero-order valence-corrected chi connectivity index (χ0v) is 14.8. The Bertz CT molecular complexity index is 900. The van der Waals surface area contributed by atoms with Gasteiger partial charge in [0.25, 0.3) is 5.91 Å². The summed E-state index contributed by atoms with van der Waals surface area (Å²) in [5, 5.41) is 14.4. The van der Waals surface area contributed by atoms with Gasteiger partial charge in [-0.05, 0) is 43.3 Å². The summed E-state index contributed by atoms with van der Waals surface area (Å²) >= 11 is 6.10. The molecule has 7 heteroatoms. The minimum absolute atomic E-state index is 0.195. The summed E-state index contributed by atoms with van der Waals surface area (Å²) in [4.78, 5) is 12.4. The molecular weight excluding hydrogens is 352 g/mol. The fraction of sp³-hybridized carbons (Fsp3) is 0.105. The van der Waals surface area contributed by atoms with E-state index < -0.39 is 0 Å². The van der Waals surface area contributed by atoms with Crippen LogP contribution in [0.3, 0.4) is 0 Å². The van der Waals surface area contributed by atoms with E-state index >= 15 is 0 Å². The Hall–Kier alpha value is -3.12. The maximum atomic E-state index is 12.4. The van der Waals surface area contributed by atoms with Crippen molar-refractivity contribution in [3.8, 4) is 5.75 Å². The van der Waals surface area contributed by atoms with Crippen molar-refractivity contribution in [1.29, 1.82) is 0 Å². The van der Waals surface area contributed by atoms with E-state index in [1.807, 2.05) is 37.3 Å². The van der Waals surface area contributed by atoms with E-state index in [-0.39, 0.29) is 11.6 Å². The molecule has 0 radical (unpaired) electrons. The van der Waals surface area contributed by atoms with Crippen LogP contribution in [0.1, 0.15) is 17.4 Å². The second-order valence-electron chi connectivity index (χ2n) is 5.29. The number of benzene rings is 2. The third-order valence-corrected chi connectivity index (χ3v) is 3.80. The molecule has 26 heavy (non-hydrogen) atoms. The highest BCUT2D eigenvalue weighted by molar-refractivity contribution is 6.33. The molecule has 0 aliphatic carbocycles. The molecule has 0 fully saturated rings. The molecule has 3 rings (SSSR count). The van der Waals surface area contributed by atoms with Gasteiger partial charge in [-0.15, -0.1) is 10.2 Å². The van der Waals surface area contributed by atoms with Gasteiger partial charge in [-0.1, -0.05) is 35.9 Å². The number of ether oxygens (including phenoxy) is 1. The molecule has 0 aliphatic rings. The van der Waals surface area contributed by atoms with Crippen LogP contribution in [0.2, 0.25) is 5.02 Å². The molecular formula is C19H17ClN4O2. The van der Waals surface area contributed by atoms with Crippen molar-refractivity contribution >= 4 is 34.7 Å². The smallest absolute Gasteiger partial charge is 0.276 e. The Morgan fingerprint density at radius 2 is 1.73 bits per heavy atom. The number of nitrogens with zero attached hydrogens (tertiary/aromatic N) is 2. The van der Waals surface area contributed by atoms with E-state index in [1.54, 1.807) is 30.3 Å². The predicted molar refractivity (Wildman–Crippen MR) is 102 cm³/mol. The van der Waals surface area contributed by atoms with Gasteiger partial charge in [0, 0.05) is 0 Å². The number of hydrogen-bond acceptors (Lipinski definition) is 5. The Balaban J connectivity index is 1.70. The van der Waals surface area contributed by atoms with E-state index in [0.717, 1.165) is 0 Å². The zero-order valence-electron chi connectivity index (χ0n) is 14.1. The molecule has 0 aliphatic heterocycles. The Labute approximate surface area is 156 Å². The first-order valence-electron chi connectivity index (χ1n) is 8.06. The lowest BCUT2D eigenvalue weighted by Gasteiger charge is -2.11. The summed E-state index contributed by atoms with van der Waals surface area (Å²) in [5.74, 6) is 0.728. The fourth-order valence-electron chi connectivity index (χ4n) is 2.26. The fourth-order valence-corrected chi connectivity index (χ4v) is 2.44. The van der Waals surface area contributed by atoms with Crippen LogP contribution in [0.4, 0.5) is 17.2 Å². The maximum Gasteiger partial charge on any atom is 0.276 e. The molecule has 0 saturated carbocycles. The number of nitrogens with one attached hydrogen (secondary N) is 2. The molecule has 1 heterocycles. The monoisotopic (exact) mass is 368 g/mol. The highest BCUT2D eigenvalue weighted by Gasteiger charge is 2.12. The quantitative estimate of drug-likeness (QED) is 0.668. The van der Waals surface area contributed by atoms with Crippen molar-refractivity contribution in [1.82, 2.24) is 10.2 Å². The van der Waals surface area contributed by atoms with Crippen LogP contribution in [0.25, 0.3) is 0 Å². The molecule has 2 aromatic carbocycles. The molecule has 0 unspecified atom stereocenters. The third kappa shape index (κ3) is 4.29. The van der Waals surface area contributed by atoms with Crippen molar-refractivity contribution in [2.24, 2.45) is 0 Å². The van der Waals surface area contributed by atoms with Crippen LogP contribution in [-0.4, -0.2) is 22.7 Å². The Morgan fingerprint density at radius 1 is 1.00 bits per heavy atom. The summed E-state index contributed by atoms with van der Waals surface area (Å²) in [5.41, 5.74) is 1.49. The number of carbonyl (C=O) groups is 1. The number of carbonyl (C=O) groups excluding carboxylic acids is 1. The van der Waals surface area contributed by atoms with Crippen molar-refractivity contribution in [3.63, 3.8) is 0 Å². The molecule has 3 aromatic rings. The van der Waals surface area contributed by atoms with E-state index in [2.05, 4.69) is 20.8 Å². The minimum atomic E-state index is -0.367. The van der Waals surface area contributed by atoms with Gasteiger partial charge in [0.15, 0.2) is 11.5 Å². The maximum absolute atomic E-state index is 12.4. The number of aromatic nitrogens is 2. The van der Waals surface area contributed by atoms with Crippen LogP contribution in [0.15, 0.2) is 60.7 Å². The third-order valence-electron chi connectivity index (χ3n) is 3.47. The summed E-state index contributed by atoms with van der Waals surface area (Å²) in [7, 11) is 0. The first kappa shape index (κ1) is 17.7. The standard InChI is InChI=1S/C19H17ClN4O2/c1-2-26-17-10-6-5-9-15(17)22-19(25)16-11-12-18(24-23-16)21-14-8-4-3-7-13(14)20/h3-12H,2H2,1H3,(H,21,24)(H,22,25). The first-order chi connectivity index (χ1) is 12.7. The minimum Gasteiger partial charge on any atom is -0.492 e. The van der Waals surface area contributed by atoms with Crippen LogP contribution < -0.4 is 15.4 Å². The summed E-state index contributed by atoms with van der Waals surface area (Å²) in [6.45, 7) is 2.39. The number of halogens is 1. The molecule has 6 nitrogen and oxygen atoms in total. The Kier molecular flexibility index (Phi) is 5.66. The van der Waals surface area contributed by atoms with Gasteiger partial charge in [0.05, 0.1) is 23.0 Å². The van der Waals surface area contributed by atoms with Gasteiger partial charge in [0.2, 0.25) is 0 Å². The van der Waals surface area contributed by atoms with E-state index in [4.69, 9.17) is 16.3 Å². The molecule has 132 valence electrons. The first-order valence-corrected chi connectivity index (χ1v) is 8.43. The van der Waals surface area contributed by atoms with Crippen LogP contribution in [0, 0.1) is 0 Å². The van der Waals surface area contributed by atoms with Crippen LogP contribution >= 0.6 is 11.6 Å². The van der Waals surface area contributed by atoms with Gasteiger partial charge < -0.3 is 15.4 Å². The topological polar surface area (TPSA) is 76.1 Å². The SMILES string of the molecule is CCOc1ccccc1NC(=O)c1ccc(Nc2ccccc2Cl)nn1. The lowest BCUT2D eigenvalue weighted by molar-refractivity contribution is 0.102. The molecule has 1 aromatic heterocycles. The molecule has 0 spiro atoms. The number of rotatable bonds is 6. The second kappa shape index (κ2) is 8.31. The lowest BCUT2D eigenvalue weighted by atomic mass is 10.2. The molecule has 2 N–H and O–H groups in total. The van der Waals surface area contributed by atoms with Gasteiger partial charge >= 0.3 is 0 Å². The Morgan fingerprint density at radius 3 is 2.42 bits per heavy atom. The largest absolute Gasteiger partial charge is 0.492 e. The average molecular weight is 369 g/mol. The zero-order chi connectivity index (χ0) is 18.4. The van der Waals surface area contributed by atoms with Crippen molar-refractivity contribution < 1.29 is 9.53 Å². The molecule has 0 atom stereocenters. The van der Waals surface area contributed by atoms with Crippen molar-refractivity contribution in [3.05, 3.63) is 71.4 Å². The summed E-state index contributed by atoms with van der Waals surface area (Å²) in [6, 6.07) is 17.8. The van der Waals surface area contributed by atoms with E-state index in [9.17, 15) is 4.79 Å². The van der Waals surface area contributed by atoms with Gasteiger partial charge in [-0.2, -0.15) is 0 Å². The number of anilines is 3. The van der Waals surface area contributed by atoms with Crippen LogP contribution in [-0.2, 0) is 0 Å². The van der Waals surface area contributed by atoms with Gasteiger partial charge in [-0.25, -0.2) is 0 Å². The summed E-state index contributed by atoms with van der Waals surface area (Å²) < 4.78 is 5.50. The van der Waals surface area contributed by atoms with E-state index in [1.165, 1.54) is 0 Å². The predicted octanol–water partition coefficient (Wildman–Crippen LogP) is 4.52. The van der Waals surface area contributed by atoms with Crippen molar-refractivity contribution in [2.75, 3.05) is 17.2 Å². The lowest BCUT2D eigenvalue weighted by Crippen LogP contribution is -2.15. The molecule has 0 bridgehead atoms. The second-order valence-corrected chi connectivity index (χ2v) is 5.70. The van der Waals surface area contributed by atoms with Gasteiger partial charge in [-0.3, -0.25) is 4.79 Å². The normalized spacial score (nSPS) is 10.2. The van der Waals surface area contributed by atoms with Crippen molar-refractivity contribution in [2.45, 2.75) is 6.92 Å². The van der Waals surface area contributed by atoms with Crippen LogP contribution in [0.5, 0.6) is 5.75 Å². The number of amides is 1. The van der Waals surface area contributed by atoms with E-state index in [0.29, 0.717) is 34.6 Å². The highest BCUT2D eigenvalue weighted by atomic mass is 35.5. The number of hydrogen-bond donors (Lipinski definition) is 2. The summed E-state index contributed by atoms with van der Waals surface area (Å²) in [6.07, 6.45) is 0.